The summed E-state index contributed by atoms with van der Waals surface area (Å²) in [6, 6.07) is 8.30. The molecule has 1 aromatic carbocycles. The van der Waals surface area contributed by atoms with Gasteiger partial charge in [-0.05, 0) is 19.9 Å². The zero-order valence-electron chi connectivity index (χ0n) is 8.82. The smallest absolute Gasteiger partial charge is 0.168 e. The first kappa shape index (κ1) is 10.1. The molecule has 1 heterocycles. The van der Waals surface area contributed by atoms with Gasteiger partial charge in [0.15, 0.2) is 5.82 Å². The highest BCUT2D eigenvalue weighted by Gasteiger charge is 2.08. The second-order valence-corrected chi connectivity index (χ2v) is 3.89. The zero-order valence-corrected chi connectivity index (χ0v) is 9.64. The summed E-state index contributed by atoms with van der Waals surface area (Å²) < 4.78 is 8.55. The van der Waals surface area contributed by atoms with Crippen LogP contribution in [0.3, 0.4) is 0 Å². The molecule has 0 aliphatic heterocycles. The van der Waals surface area contributed by atoms with Crippen molar-refractivity contribution in [2.24, 2.45) is 0 Å². The third-order valence-electron chi connectivity index (χ3n) is 2.12. The molecule has 1 N–H and O–H groups in total. The predicted molar refractivity (Wildman–Crippen MR) is 64.2 cm³/mol. The molecule has 0 unspecified atom stereocenters. The lowest BCUT2D eigenvalue weighted by atomic mass is 10.1. The molecule has 2 aromatic rings. The Morgan fingerprint density at radius 3 is 2.93 bits per heavy atom. The predicted octanol–water partition coefficient (Wildman–Crippen LogP) is 2.95. The maximum absolute atomic E-state index is 4.31. The van der Waals surface area contributed by atoms with E-state index >= 15 is 0 Å². The van der Waals surface area contributed by atoms with E-state index in [1.807, 2.05) is 6.07 Å². The molecule has 2 rings (SSSR count). The van der Waals surface area contributed by atoms with Crippen LogP contribution in [-0.4, -0.2) is 15.3 Å². The molecule has 0 amide bonds. The molecule has 0 fully saturated rings. The average molecular weight is 219 g/mol. The number of hydrogen-bond donors (Lipinski definition) is 1. The summed E-state index contributed by atoms with van der Waals surface area (Å²) in [5.41, 5.74) is 3.31. The molecule has 4 heteroatoms. The number of nitrogens with zero attached hydrogens (tertiary/aromatic N) is 2. The number of aromatic nitrogens is 2. The van der Waals surface area contributed by atoms with E-state index in [0.29, 0.717) is 0 Å². The quantitative estimate of drug-likeness (QED) is 0.862. The highest BCUT2D eigenvalue weighted by Crippen LogP contribution is 2.26. The number of anilines is 1. The summed E-state index contributed by atoms with van der Waals surface area (Å²) in [6.45, 7) is 5.00. The van der Waals surface area contributed by atoms with Gasteiger partial charge in [-0.3, -0.25) is 0 Å². The molecule has 78 valence electrons. The van der Waals surface area contributed by atoms with Crippen LogP contribution in [-0.2, 0) is 0 Å². The number of hydrogen-bond acceptors (Lipinski definition) is 4. The summed E-state index contributed by atoms with van der Waals surface area (Å²) in [4.78, 5) is 0. The van der Waals surface area contributed by atoms with Crippen LogP contribution in [0.25, 0.3) is 11.3 Å². The third kappa shape index (κ3) is 2.15. The molecular formula is C11H13N3S. The van der Waals surface area contributed by atoms with E-state index in [0.717, 1.165) is 23.6 Å². The van der Waals surface area contributed by atoms with Crippen molar-refractivity contribution in [3.63, 3.8) is 0 Å². The van der Waals surface area contributed by atoms with E-state index in [1.54, 1.807) is 0 Å². The lowest BCUT2D eigenvalue weighted by Crippen LogP contribution is -1.98. The van der Waals surface area contributed by atoms with E-state index in [4.69, 9.17) is 0 Å². The van der Waals surface area contributed by atoms with Gasteiger partial charge < -0.3 is 5.32 Å². The highest BCUT2D eigenvalue weighted by molar-refractivity contribution is 6.99. The maximum Gasteiger partial charge on any atom is 0.168 e. The van der Waals surface area contributed by atoms with E-state index in [2.05, 4.69) is 46.1 Å². The van der Waals surface area contributed by atoms with Crippen molar-refractivity contribution in [3.05, 3.63) is 29.8 Å². The maximum atomic E-state index is 4.31. The Bertz CT molecular complexity index is 451. The van der Waals surface area contributed by atoms with Crippen molar-refractivity contribution in [2.45, 2.75) is 13.8 Å². The fourth-order valence-corrected chi connectivity index (χ4v) is 2.00. The van der Waals surface area contributed by atoms with Gasteiger partial charge in [0.2, 0.25) is 0 Å². The number of aryl methyl sites for hydroxylation is 1. The molecule has 0 radical (unpaired) electrons. The minimum Gasteiger partial charge on any atom is -0.368 e. The molecule has 0 saturated carbocycles. The van der Waals surface area contributed by atoms with Crippen LogP contribution < -0.4 is 5.32 Å². The molecular weight excluding hydrogens is 206 g/mol. The first-order valence-corrected chi connectivity index (χ1v) is 5.67. The monoisotopic (exact) mass is 219 g/mol. The van der Waals surface area contributed by atoms with Crippen LogP contribution >= 0.6 is 11.7 Å². The molecule has 0 aliphatic rings. The normalized spacial score (nSPS) is 10.3. The van der Waals surface area contributed by atoms with Crippen LogP contribution in [0.5, 0.6) is 0 Å². The van der Waals surface area contributed by atoms with Crippen molar-refractivity contribution < 1.29 is 0 Å². The summed E-state index contributed by atoms with van der Waals surface area (Å²) in [5.74, 6) is 0.883. The second kappa shape index (κ2) is 4.40. The molecule has 0 saturated heterocycles. The van der Waals surface area contributed by atoms with Crippen LogP contribution in [0.4, 0.5) is 5.82 Å². The van der Waals surface area contributed by atoms with Crippen LogP contribution in [0, 0.1) is 6.92 Å². The Morgan fingerprint density at radius 2 is 2.20 bits per heavy atom. The Kier molecular flexibility index (Phi) is 2.97. The standard InChI is InChI=1S/C11H13N3S/c1-3-12-11-10(13-15-14-11)9-6-4-5-8(2)7-9/h4-7H,3H2,1-2H3,(H,12,14). The van der Waals surface area contributed by atoms with Crippen molar-refractivity contribution in [2.75, 3.05) is 11.9 Å². The largest absolute Gasteiger partial charge is 0.368 e. The third-order valence-corrected chi connectivity index (χ3v) is 2.65. The molecule has 0 bridgehead atoms. The van der Waals surface area contributed by atoms with Gasteiger partial charge in [0.25, 0.3) is 0 Å². The Labute approximate surface area is 93.5 Å². The van der Waals surface area contributed by atoms with E-state index < -0.39 is 0 Å². The van der Waals surface area contributed by atoms with Crippen LogP contribution in [0.15, 0.2) is 24.3 Å². The first-order chi connectivity index (χ1) is 7.31. The minimum atomic E-state index is 0.865. The molecule has 0 spiro atoms. The highest BCUT2D eigenvalue weighted by atomic mass is 32.1. The van der Waals surface area contributed by atoms with Crippen molar-refractivity contribution in [3.8, 4) is 11.3 Å². The number of rotatable bonds is 3. The molecule has 0 aliphatic carbocycles. The van der Waals surface area contributed by atoms with Gasteiger partial charge in [-0.25, -0.2) is 0 Å². The average Bonchev–Trinajstić information content (AvgIpc) is 2.66. The Morgan fingerprint density at radius 1 is 1.33 bits per heavy atom. The van der Waals surface area contributed by atoms with Crippen molar-refractivity contribution in [1.82, 2.24) is 8.75 Å². The molecule has 1 aromatic heterocycles. The summed E-state index contributed by atoms with van der Waals surface area (Å²) in [5, 5.41) is 3.21. The van der Waals surface area contributed by atoms with Crippen molar-refractivity contribution in [1.29, 1.82) is 0 Å². The van der Waals surface area contributed by atoms with Crippen LogP contribution in [0.1, 0.15) is 12.5 Å². The SMILES string of the molecule is CCNc1nsnc1-c1cccc(C)c1. The fraction of sp³-hybridized carbons (Fsp3) is 0.273. The number of nitrogens with one attached hydrogen (secondary N) is 1. The minimum absolute atomic E-state index is 0.865. The van der Waals surface area contributed by atoms with Crippen molar-refractivity contribution >= 4 is 17.5 Å². The first-order valence-electron chi connectivity index (χ1n) is 4.94. The topological polar surface area (TPSA) is 37.8 Å². The number of benzene rings is 1. The molecule has 0 atom stereocenters. The Hall–Kier alpha value is -1.42. The Balaban J connectivity index is 2.40. The summed E-state index contributed by atoms with van der Waals surface area (Å²) >= 11 is 1.24. The van der Waals surface area contributed by atoms with Gasteiger partial charge in [-0.15, -0.1) is 0 Å². The van der Waals surface area contributed by atoms with Gasteiger partial charge in [-0.1, -0.05) is 23.8 Å². The fourth-order valence-electron chi connectivity index (χ4n) is 1.45. The van der Waals surface area contributed by atoms with E-state index in [1.165, 1.54) is 17.3 Å². The zero-order chi connectivity index (χ0) is 10.7. The second-order valence-electron chi connectivity index (χ2n) is 3.36. The van der Waals surface area contributed by atoms with Gasteiger partial charge in [0.1, 0.15) is 5.69 Å². The molecule has 3 nitrogen and oxygen atoms in total. The lowest BCUT2D eigenvalue weighted by Gasteiger charge is -2.02. The van der Waals surface area contributed by atoms with Crippen LogP contribution in [0.2, 0.25) is 0 Å². The van der Waals surface area contributed by atoms with E-state index in [-0.39, 0.29) is 0 Å². The van der Waals surface area contributed by atoms with E-state index in [9.17, 15) is 0 Å². The molecule has 15 heavy (non-hydrogen) atoms. The van der Waals surface area contributed by atoms with Gasteiger partial charge in [-0.2, -0.15) is 8.75 Å². The summed E-state index contributed by atoms with van der Waals surface area (Å²) in [6.07, 6.45) is 0. The van der Waals surface area contributed by atoms with Gasteiger partial charge in [0, 0.05) is 12.1 Å². The summed E-state index contributed by atoms with van der Waals surface area (Å²) in [7, 11) is 0. The lowest BCUT2D eigenvalue weighted by molar-refractivity contribution is 1.19. The van der Waals surface area contributed by atoms with Gasteiger partial charge in [0.05, 0.1) is 11.7 Å². The van der Waals surface area contributed by atoms with Gasteiger partial charge >= 0.3 is 0 Å².